The number of primary amides is 1. The summed E-state index contributed by atoms with van der Waals surface area (Å²) in [5.74, 6) is -1.87. The second-order valence-corrected chi connectivity index (χ2v) is 7.02. The van der Waals surface area contributed by atoms with Gasteiger partial charge in [0.05, 0.1) is 5.75 Å². The molecule has 8 heteroatoms. The van der Waals surface area contributed by atoms with Crippen molar-refractivity contribution in [3.8, 4) is 0 Å². The molecule has 1 heterocycles. The number of benzene rings is 1. The van der Waals surface area contributed by atoms with Crippen LogP contribution in [0.3, 0.4) is 0 Å². The Morgan fingerprint density at radius 3 is 2.85 bits per heavy atom. The smallest absolute Gasteiger partial charge is 0.235 e. The van der Waals surface area contributed by atoms with Crippen LogP contribution < -0.4 is 5.73 Å². The molecule has 0 radical (unpaired) electrons. The number of nitrogens with two attached hydrogens (primary N) is 1. The molecule has 1 aliphatic heterocycles. The van der Waals surface area contributed by atoms with E-state index in [0.717, 1.165) is 10.4 Å². The van der Waals surface area contributed by atoms with Crippen LogP contribution in [0.1, 0.15) is 18.4 Å². The van der Waals surface area contributed by atoms with Crippen LogP contribution in [0, 0.1) is 5.82 Å². The Balaban J connectivity index is 2.27. The largest absolute Gasteiger partial charge is 0.368 e. The molecule has 5 nitrogen and oxygen atoms in total. The molecule has 20 heavy (non-hydrogen) atoms. The highest BCUT2D eigenvalue weighted by Crippen LogP contribution is 2.25. The zero-order valence-corrected chi connectivity index (χ0v) is 12.1. The molecule has 1 aromatic carbocycles. The minimum absolute atomic E-state index is 0.0207. The first kappa shape index (κ1) is 15.2. The number of halogens is 2. The van der Waals surface area contributed by atoms with Crippen molar-refractivity contribution in [1.29, 1.82) is 0 Å². The van der Waals surface area contributed by atoms with E-state index in [-0.39, 0.29) is 17.1 Å². The van der Waals surface area contributed by atoms with E-state index in [0.29, 0.717) is 12.8 Å². The number of nitrogens with zero attached hydrogens (tertiary/aromatic N) is 1. The van der Waals surface area contributed by atoms with Crippen LogP contribution in [0.2, 0.25) is 5.02 Å². The van der Waals surface area contributed by atoms with Crippen LogP contribution in [0.5, 0.6) is 0 Å². The molecule has 1 fully saturated rings. The monoisotopic (exact) mass is 320 g/mol. The highest BCUT2D eigenvalue weighted by atomic mass is 35.5. The third-order valence-corrected chi connectivity index (χ3v) is 5.30. The molecule has 0 spiro atoms. The number of hydrogen-bond acceptors (Lipinski definition) is 3. The maximum atomic E-state index is 13.6. The van der Waals surface area contributed by atoms with Crippen molar-refractivity contribution in [1.82, 2.24) is 4.31 Å². The van der Waals surface area contributed by atoms with E-state index in [4.69, 9.17) is 17.3 Å². The fourth-order valence-electron chi connectivity index (χ4n) is 2.29. The van der Waals surface area contributed by atoms with Crippen LogP contribution >= 0.6 is 11.6 Å². The van der Waals surface area contributed by atoms with Gasteiger partial charge in [0, 0.05) is 17.1 Å². The SMILES string of the molecule is NC(=O)C1CCCN1S(=O)(=O)Cc1cc(Cl)ccc1F. The van der Waals surface area contributed by atoms with Gasteiger partial charge in [-0.25, -0.2) is 12.8 Å². The maximum absolute atomic E-state index is 13.6. The van der Waals surface area contributed by atoms with E-state index in [9.17, 15) is 17.6 Å². The lowest BCUT2D eigenvalue weighted by Gasteiger charge is -2.21. The molecule has 2 rings (SSSR count). The Morgan fingerprint density at radius 2 is 2.20 bits per heavy atom. The van der Waals surface area contributed by atoms with E-state index < -0.39 is 33.5 Å². The summed E-state index contributed by atoms with van der Waals surface area (Å²) in [4.78, 5) is 11.3. The maximum Gasteiger partial charge on any atom is 0.235 e. The summed E-state index contributed by atoms with van der Waals surface area (Å²) < 4.78 is 39.2. The van der Waals surface area contributed by atoms with Gasteiger partial charge in [-0.05, 0) is 31.0 Å². The number of carbonyl (C=O) groups excluding carboxylic acids is 1. The molecule has 1 aliphatic rings. The molecule has 0 aliphatic carbocycles. The summed E-state index contributed by atoms with van der Waals surface area (Å²) in [6.45, 7) is 0.220. The summed E-state index contributed by atoms with van der Waals surface area (Å²) in [5.41, 5.74) is 5.17. The second kappa shape index (κ2) is 5.67. The Labute approximate surface area is 121 Å². The minimum atomic E-state index is -3.81. The fraction of sp³-hybridized carbons (Fsp3) is 0.417. The first-order chi connectivity index (χ1) is 9.31. The lowest BCUT2D eigenvalue weighted by atomic mass is 10.2. The average molecular weight is 321 g/mol. The Hall–Kier alpha value is -1.18. The van der Waals surface area contributed by atoms with Crippen molar-refractivity contribution in [2.45, 2.75) is 24.6 Å². The lowest BCUT2D eigenvalue weighted by molar-refractivity contribution is -0.121. The molecule has 0 saturated carbocycles. The van der Waals surface area contributed by atoms with E-state index >= 15 is 0 Å². The molecule has 0 bridgehead atoms. The summed E-state index contributed by atoms with van der Waals surface area (Å²) in [6.07, 6.45) is 0.956. The Bertz CT molecular complexity index is 636. The molecular formula is C12H14ClFN2O3S. The van der Waals surface area contributed by atoms with Crippen molar-refractivity contribution < 1.29 is 17.6 Å². The van der Waals surface area contributed by atoms with Crippen LogP contribution in [0.15, 0.2) is 18.2 Å². The third-order valence-electron chi connectivity index (χ3n) is 3.24. The summed E-state index contributed by atoms with van der Waals surface area (Å²) in [7, 11) is -3.81. The van der Waals surface area contributed by atoms with Crippen molar-refractivity contribution in [2.24, 2.45) is 5.73 Å². The molecular weight excluding hydrogens is 307 g/mol. The fourth-order valence-corrected chi connectivity index (χ4v) is 4.27. The molecule has 1 amide bonds. The Morgan fingerprint density at radius 1 is 1.50 bits per heavy atom. The highest BCUT2D eigenvalue weighted by molar-refractivity contribution is 7.88. The Kier molecular flexibility index (Phi) is 4.31. The normalized spacial score (nSPS) is 20.2. The van der Waals surface area contributed by atoms with Crippen molar-refractivity contribution in [2.75, 3.05) is 6.54 Å². The van der Waals surface area contributed by atoms with Gasteiger partial charge >= 0.3 is 0 Å². The lowest BCUT2D eigenvalue weighted by Crippen LogP contribution is -2.44. The van der Waals surface area contributed by atoms with Crippen LogP contribution in [0.25, 0.3) is 0 Å². The predicted octanol–water partition coefficient (Wildman–Crippen LogP) is 1.26. The average Bonchev–Trinajstić information content (AvgIpc) is 2.83. The van der Waals surface area contributed by atoms with Crippen molar-refractivity contribution in [3.63, 3.8) is 0 Å². The van der Waals surface area contributed by atoms with Crippen molar-refractivity contribution in [3.05, 3.63) is 34.6 Å². The number of rotatable bonds is 4. The minimum Gasteiger partial charge on any atom is -0.368 e. The van der Waals surface area contributed by atoms with Crippen LogP contribution in [-0.4, -0.2) is 31.2 Å². The van der Waals surface area contributed by atoms with E-state index in [1.54, 1.807) is 0 Å². The van der Waals surface area contributed by atoms with Crippen molar-refractivity contribution >= 4 is 27.5 Å². The molecule has 1 saturated heterocycles. The van der Waals surface area contributed by atoms with E-state index in [1.165, 1.54) is 12.1 Å². The summed E-state index contributed by atoms with van der Waals surface area (Å²) in [6, 6.07) is 2.88. The molecule has 1 aromatic rings. The zero-order chi connectivity index (χ0) is 14.9. The molecule has 110 valence electrons. The van der Waals surface area contributed by atoms with Gasteiger partial charge in [-0.2, -0.15) is 4.31 Å². The number of sulfonamides is 1. The van der Waals surface area contributed by atoms with Crippen LogP contribution in [-0.2, 0) is 20.6 Å². The topological polar surface area (TPSA) is 80.5 Å². The van der Waals surface area contributed by atoms with Gasteiger partial charge in [-0.1, -0.05) is 11.6 Å². The molecule has 0 aromatic heterocycles. The molecule has 2 N–H and O–H groups in total. The van der Waals surface area contributed by atoms with Crippen LogP contribution in [0.4, 0.5) is 4.39 Å². The number of hydrogen-bond donors (Lipinski definition) is 1. The van der Waals surface area contributed by atoms with Gasteiger partial charge in [0.25, 0.3) is 0 Å². The van der Waals surface area contributed by atoms with Gasteiger partial charge < -0.3 is 5.73 Å². The summed E-state index contributed by atoms with van der Waals surface area (Å²) >= 11 is 5.74. The quantitative estimate of drug-likeness (QED) is 0.907. The standard InChI is InChI=1S/C12H14ClFN2O3S/c13-9-3-4-10(14)8(6-9)7-20(18,19)16-5-1-2-11(16)12(15)17/h3-4,6,11H,1-2,5,7H2,(H2,15,17). The number of amides is 1. The van der Waals surface area contributed by atoms with Gasteiger partial charge in [-0.3, -0.25) is 4.79 Å². The van der Waals surface area contributed by atoms with E-state index in [1.807, 2.05) is 0 Å². The summed E-state index contributed by atoms with van der Waals surface area (Å²) in [5, 5.41) is 0.254. The number of carbonyl (C=O) groups is 1. The van der Waals surface area contributed by atoms with Gasteiger partial charge in [0.15, 0.2) is 0 Å². The van der Waals surface area contributed by atoms with Gasteiger partial charge in [0.2, 0.25) is 15.9 Å². The van der Waals surface area contributed by atoms with Gasteiger partial charge in [0.1, 0.15) is 11.9 Å². The first-order valence-electron chi connectivity index (χ1n) is 6.04. The predicted molar refractivity (Wildman–Crippen MR) is 73.0 cm³/mol. The van der Waals surface area contributed by atoms with Gasteiger partial charge in [-0.15, -0.1) is 0 Å². The third kappa shape index (κ3) is 3.11. The first-order valence-corrected chi connectivity index (χ1v) is 8.03. The zero-order valence-electron chi connectivity index (χ0n) is 10.6. The highest BCUT2D eigenvalue weighted by Gasteiger charge is 2.37. The van der Waals surface area contributed by atoms with E-state index in [2.05, 4.69) is 0 Å². The molecule has 1 atom stereocenters. The second-order valence-electron chi connectivity index (χ2n) is 4.66. The molecule has 1 unspecified atom stereocenters.